The second-order valence-corrected chi connectivity index (χ2v) is 9.91. The molecule has 0 radical (unpaired) electrons. The zero-order valence-corrected chi connectivity index (χ0v) is 11.2. The Kier molecular flexibility index (Phi) is 2.93. The summed E-state index contributed by atoms with van der Waals surface area (Å²) in [6.45, 7) is 6.46. The minimum Gasteiger partial charge on any atom is -0.296 e. The minimum atomic E-state index is -1.64. The lowest BCUT2D eigenvalue weighted by atomic mass is 10.3. The summed E-state index contributed by atoms with van der Waals surface area (Å²) in [5.41, 5.74) is 1.45. The van der Waals surface area contributed by atoms with E-state index in [-0.39, 0.29) is 0 Å². The highest BCUT2D eigenvalue weighted by Crippen LogP contribution is 2.09. The number of rotatable bonds is 3. The van der Waals surface area contributed by atoms with Gasteiger partial charge >= 0.3 is 0 Å². The number of nitrogens with zero attached hydrogens (tertiary/aromatic N) is 3. The van der Waals surface area contributed by atoms with E-state index in [9.17, 15) is 4.79 Å². The number of carbonyl (C=O) groups is 1. The lowest BCUT2D eigenvalue weighted by molar-refractivity contribution is 0.111. The first kappa shape index (κ1) is 11.7. The van der Waals surface area contributed by atoms with Gasteiger partial charge < -0.3 is 0 Å². The maximum Gasteiger partial charge on any atom is 0.170 e. The van der Waals surface area contributed by atoms with Gasteiger partial charge in [-0.15, -0.1) is 5.10 Å². The number of para-hydroxylation sites is 1. The molecular formula is C12H15N3OSi. The molecule has 1 heterocycles. The van der Waals surface area contributed by atoms with Crippen molar-refractivity contribution >= 4 is 19.7 Å². The van der Waals surface area contributed by atoms with Gasteiger partial charge in [0.2, 0.25) is 0 Å². The number of hydrogen-bond donors (Lipinski definition) is 0. The molecule has 0 spiro atoms. The second-order valence-electron chi connectivity index (χ2n) is 4.94. The number of benzene rings is 1. The predicted octanol–water partition coefficient (Wildman–Crippen LogP) is 1.62. The summed E-state index contributed by atoms with van der Waals surface area (Å²) in [6.07, 6.45) is 0.848. The van der Waals surface area contributed by atoms with Crippen LogP contribution >= 0.6 is 0 Å². The quantitative estimate of drug-likeness (QED) is 0.610. The molecule has 0 saturated heterocycles. The molecule has 0 aliphatic rings. The van der Waals surface area contributed by atoms with Gasteiger partial charge in [0.25, 0.3) is 0 Å². The van der Waals surface area contributed by atoms with Crippen LogP contribution in [0, 0.1) is 0 Å². The van der Waals surface area contributed by atoms with Crippen LogP contribution in [0.15, 0.2) is 30.3 Å². The molecule has 0 N–H and O–H groups in total. The zero-order valence-electron chi connectivity index (χ0n) is 10.2. The molecule has 88 valence electrons. The molecule has 0 unspecified atom stereocenters. The highest BCUT2D eigenvalue weighted by atomic mass is 28.3. The van der Waals surface area contributed by atoms with Crippen molar-refractivity contribution in [3.8, 4) is 5.69 Å². The fraction of sp³-hybridized carbons (Fsp3) is 0.250. The molecule has 1 aromatic carbocycles. The predicted molar refractivity (Wildman–Crippen MR) is 69.7 cm³/mol. The lowest BCUT2D eigenvalue weighted by Crippen LogP contribution is -2.41. The van der Waals surface area contributed by atoms with Crippen molar-refractivity contribution in [2.24, 2.45) is 0 Å². The number of hydrogen-bond acceptors (Lipinski definition) is 3. The maximum absolute atomic E-state index is 11.3. The van der Waals surface area contributed by atoms with Crippen LogP contribution in [0.2, 0.25) is 19.6 Å². The first-order chi connectivity index (χ1) is 8.04. The first-order valence-electron chi connectivity index (χ1n) is 5.51. The third-order valence-electron chi connectivity index (χ3n) is 2.53. The van der Waals surface area contributed by atoms with Crippen LogP contribution in [-0.4, -0.2) is 29.4 Å². The molecule has 2 aromatic rings. The summed E-state index contributed by atoms with van der Waals surface area (Å²) < 4.78 is 1.61. The molecule has 0 bridgehead atoms. The Hall–Kier alpha value is -1.75. The van der Waals surface area contributed by atoms with Gasteiger partial charge in [-0.1, -0.05) is 43.1 Å². The van der Waals surface area contributed by atoms with Gasteiger partial charge in [-0.25, -0.2) is 4.68 Å². The van der Waals surface area contributed by atoms with E-state index in [0.29, 0.717) is 5.69 Å². The average molecular weight is 245 g/mol. The largest absolute Gasteiger partial charge is 0.296 e. The van der Waals surface area contributed by atoms with Gasteiger partial charge in [0.1, 0.15) is 13.8 Å². The van der Waals surface area contributed by atoms with E-state index in [4.69, 9.17) is 0 Å². The normalized spacial score (nSPS) is 11.5. The molecule has 2 rings (SSSR count). The Morgan fingerprint density at radius 1 is 1.18 bits per heavy atom. The fourth-order valence-corrected chi connectivity index (χ4v) is 2.97. The molecule has 0 atom stereocenters. The Morgan fingerprint density at radius 3 is 2.35 bits per heavy atom. The van der Waals surface area contributed by atoms with Crippen LogP contribution in [0.3, 0.4) is 0 Å². The second kappa shape index (κ2) is 4.25. The van der Waals surface area contributed by atoms with Gasteiger partial charge in [-0.05, 0) is 12.1 Å². The monoisotopic (exact) mass is 245 g/mol. The lowest BCUT2D eigenvalue weighted by Gasteiger charge is -2.12. The molecule has 5 heteroatoms. The number of carbonyl (C=O) groups excluding carboxylic acids is 1. The zero-order chi connectivity index (χ0) is 12.5. The van der Waals surface area contributed by atoms with E-state index in [0.717, 1.165) is 17.3 Å². The van der Waals surface area contributed by atoms with Crippen molar-refractivity contribution in [2.75, 3.05) is 0 Å². The van der Waals surface area contributed by atoms with E-state index >= 15 is 0 Å². The summed E-state index contributed by atoms with van der Waals surface area (Å²) in [5.74, 6) is 0. The molecule has 0 aliphatic carbocycles. The SMILES string of the molecule is C[Si](C)(C)c1nnn(-c2ccccc2)c1C=O. The highest BCUT2D eigenvalue weighted by molar-refractivity contribution is 6.88. The van der Waals surface area contributed by atoms with Crippen molar-refractivity contribution in [3.63, 3.8) is 0 Å². The van der Waals surface area contributed by atoms with Gasteiger partial charge in [0.05, 0.1) is 11.0 Å². The first-order valence-corrected chi connectivity index (χ1v) is 9.01. The Bertz CT molecular complexity index is 528. The average Bonchev–Trinajstić information content (AvgIpc) is 2.73. The topological polar surface area (TPSA) is 47.8 Å². The van der Waals surface area contributed by atoms with Crippen LogP contribution < -0.4 is 5.32 Å². The highest BCUT2D eigenvalue weighted by Gasteiger charge is 2.26. The fourth-order valence-electron chi connectivity index (χ4n) is 1.69. The summed E-state index contributed by atoms with van der Waals surface area (Å²) in [5, 5.41) is 9.13. The van der Waals surface area contributed by atoms with Gasteiger partial charge in [0, 0.05) is 0 Å². The molecule has 17 heavy (non-hydrogen) atoms. The van der Waals surface area contributed by atoms with Crippen molar-refractivity contribution < 1.29 is 4.79 Å². The molecule has 0 aliphatic heterocycles. The standard InChI is InChI=1S/C12H15N3OSi/c1-17(2,3)12-11(9-16)15(14-13-12)10-7-5-4-6-8-10/h4-9H,1-3H3. The molecule has 0 amide bonds. The van der Waals surface area contributed by atoms with E-state index in [1.165, 1.54) is 0 Å². The smallest absolute Gasteiger partial charge is 0.170 e. The van der Waals surface area contributed by atoms with Crippen LogP contribution in [0.5, 0.6) is 0 Å². The van der Waals surface area contributed by atoms with Crippen LogP contribution in [-0.2, 0) is 0 Å². The molecule has 1 aromatic heterocycles. The van der Waals surface area contributed by atoms with Gasteiger partial charge in [0.15, 0.2) is 6.29 Å². The van der Waals surface area contributed by atoms with Crippen molar-refractivity contribution in [2.45, 2.75) is 19.6 Å². The molecule has 4 nitrogen and oxygen atoms in total. The van der Waals surface area contributed by atoms with Gasteiger partial charge in [-0.3, -0.25) is 4.79 Å². The molecular weight excluding hydrogens is 230 g/mol. The summed E-state index contributed by atoms with van der Waals surface area (Å²) in [4.78, 5) is 11.3. The van der Waals surface area contributed by atoms with Crippen molar-refractivity contribution in [1.82, 2.24) is 15.0 Å². The summed E-state index contributed by atoms with van der Waals surface area (Å²) >= 11 is 0. The van der Waals surface area contributed by atoms with Crippen molar-refractivity contribution in [3.05, 3.63) is 36.0 Å². The van der Waals surface area contributed by atoms with Crippen LogP contribution in [0.1, 0.15) is 10.5 Å². The summed E-state index contributed by atoms with van der Waals surface area (Å²) in [6, 6.07) is 9.59. The van der Waals surface area contributed by atoms with Gasteiger partial charge in [-0.2, -0.15) is 0 Å². The van der Waals surface area contributed by atoms with Crippen molar-refractivity contribution in [1.29, 1.82) is 0 Å². The molecule has 0 fully saturated rings. The third-order valence-corrected chi connectivity index (χ3v) is 4.30. The Balaban J connectivity index is 2.58. The number of aldehydes is 1. The third kappa shape index (κ3) is 2.19. The number of aromatic nitrogens is 3. The van der Waals surface area contributed by atoms with E-state index in [1.807, 2.05) is 30.3 Å². The minimum absolute atomic E-state index is 0.579. The van der Waals surface area contributed by atoms with Crippen LogP contribution in [0.4, 0.5) is 0 Å². The van der Waals surface area contributed by atoms with E-state index < -0.39 is 8.07 Å². The Morgan fingerprint density at radius 2 is 1.82 bits per heavy atom. The maximum atomic E-state index is 11.3. The van der Waals surface area contributed by atoms with E-state index in [1.54, 1.807) is 4.68 Å². The van der Waals surface area contributed by atoms with E-state index in [2.05, 4.69) is 30.0 Å². The Labute approximate surface area is 101 Å². The summed E-state index contributed by atoms with van der Waals surface area (Å²) in [7, 11) is -1.64. The van der Waals surface area contributed by atoms with Crippen LogP contribution in [0.25, 0.3) is 5.69 Å². The molecule has 0 saturated carbocycles.